The molecule has 160 valence electrons. The zero-order valence-electron chi connectivity index (χ0n) is 15.6. The summed E-state index contributed by atoms with van der Waals surface area (Å²) < 4.78 is 31.7. The second-order valence-electron chi connectivity index (χ2n) is 6.87. The number of carboxylic acids is 1. The van der Waals surface area contributed by atoms with E-state index in [9.17, 15) is 27.6 Å². The molecule has 12 heteroatoms. The number of amides is 2. The zero-order valence-corrected chi connectivity index (χ0v) is 15.6. The van der Waals surface area contributed by atoms with Gasteiger partial charge in [-0.25, -0.2) is 9.78 Å². The number of H-pyrrole nitrogens is 1. The van der Waals surface area contributed by atoms with Crippen molar-refractivity contribution in [2.45, 2.75) is 44.8 Å². The van der Waals surface area contributed by atoms with E-state index in [2.05, 4.69) is 15.3 Å². The molecule has 0 spiro atoms. The number of hydrogen-bond acceptors (Lipinski definition) is 5. The first-order chi connectivity index (χ1) is 13.5. The van der Waals surface area contributed by atoms with Gasteiger partial charge in [0.1, 0.15) is 11.5 Å². The summed E-state index contributed by atoms with van der Waals surface area (Å²) in [5, 5.41) is 10.2. The van der Waals surface area contributed by atoms with Crippen LogP contribution in [-0.4, -0.2) is 63.1 Å². The monoisotopic (exact) mass is 418 g/mol. The highest BCUT2D eigenvalue weighted by Gasteiger charge is 2.38. The van der Waals surface area contributed by atoms with Crippen molar-refractivity contribution in [3.05, 3.63) is 27.9 Å². The van der Waals surface area contributed by atoms with Gasteiger partial charge in [-0.2, -0.15) is 13.2 Å². The van der Waals surface area contributed by atoms with Crippen molar-refractivity contribution < 1.29 is 32.7 Å². The summed E-state index contributed by atoms with van der Waals surface area (Å²) in [6.07, 6.45) is -1.60. The fraction of sp³-hybridized carbons (Fsp3) is 0.588. The van der Waals surface area contributed by atoms with E-state index in [-0.39, 0.29) is 35.0 Å². The number of carboxylic acid groups (broad SMARTS) is 1. The van der Waals surface area contributed by atoms with Gasteiger partial charge < -0.3 is 20.3 Å². The molecule has 1 saturated heterocycles. The van der Waals surface area contributed by atoms with E-state index in [0.717, 1.165) is 25.7 Å². The smallest absolute Gasteiger partial charge is 0.475 e. The van der Waals surface area contributed by atoms with Gasteiger partial charge in [0, 0.05) is 31.1 Å². The number of aryl methyl sites for hydroxylation is 1. The number of carbonyl (C=O) groups excluding carboxylic acids is 2. The van der Waals surface area contributed by atoms with Gasteiger partial charge >= 0.3 is 12.1 Å². The quantitative estimate of drug-likeness (QED) is 0.667. The molecule has 3 N–H and O–H groups in total. The Morgan fingerprint density at radius 3 is 2.21 bits per heavy atom. The number of aliphatic carboxylic acids is 1. The van der Waals surface area contributed by atoms with Crippen LogP contribution in [0.25, 0.3) is 0 Å². The molecule has 0 radical (unpaired) electrons. The van der Waals surface area contributed by atoms with E-state index < -0.39 is 12.1 Å². The Hall–Kier alpha value is -2.92. The third-order valence-electron chi connectivity index (χ3n) is 4.40. The van der Waals surface area contributed by atoms with Crippen LogP contribution in [0.1, 0.15) is 42.0 Å². The number of rotatable bonds is 3. The first-order valence-corrected chi connectivity index (χ1v) is 8.95. The fourth-order valence-corrected chi connectivity index (χ4v) is 2.74. The van der Waals surface area contributed by atoms with Crippen molar-refractivity contribution in [3.63, 3.8) is 0 Å². The lowest BCUT2D eigenvalue weighted by atomic mass is 10.0. The van der Waals surface area contributed by atoms with Crippen LogP contribution in [0, 0.1) is 12.8 Å². The molecule has 2 fully saturated rings. The molecule has 0 bridgehead atoms. The summed E-state index contributed by atoms with van der Waals surface area (Å²) in [6.45, 7) is 2.79. The Morgan fingerprint density at radius 2 is 1.76 bits per heavy atom. The highest BCUT2D eigenvalue weighted by atomic mass is 19.4. The minimum atomic E-state index is -5.08. The van der Waals surface area contributed by atoms with E-state index in [1.807, 2.05) is 0 Å². The molecule has 1 aromatic heterocycles. The SMILES string of the molecule is Cc1nc(C(=O)N2CCC(NC(=O)C3CC3)CC2)cc(=O)[nH]1.O=C(O)C(F)(F)F. The van der Waals surface area contributed by atoms with E-state index in [0.29, 0.717) is 18.9 Å². The van der Waals surface area contributed by atoms with Crippen LogP contribution >= 0.6 is 0 Å². The maximum absolute atomic E-state index is 12.4. The average Bonchev–Trinajstić information content (AvgIpc) is 3.46. The molecule has 2 aliphatic rings. The maximum Gasteiger partial charge on any atom is 0.490 e. The Labute approximate surface area is 163 Å². The standard InChI is InChI=1S/C15H20N4O3.C2HF3O2/c1-9-16-12(8-13(20)17-9)15(22)19-6-4-11(5-7-19)18-14(21)10-2-3-10;3-2(4,5)1(6)7/h8,10-11H,2-7H2,1H3,(H,18,21)(H,16,17,20);(H,6,7). The van der Waals surface area contributed by atoms with Gasteiger partial charge in [-0.05, 0) is 32.6 Å². The number of hydrogen-bond donors (Lipinski definition) is 3. The summed E-state index contributed by atoms with van der Waals surface area (Å²) in [7, 11) is 0. The van der Waals surface area contributed by atoms with Gasteiger partial charge in [0.25, 0.3) is 11.5 Å². The number of aromatic nitrogens is 2. The van der Waals surface area contributed by atoms with E-state index in [1.54, 1.807) is 11.8 Å². The van der Waals surface area contributed by atoms with Crippen molar-refractivity contribution in [3.8, 4) is 0 Å². The first-order valence-electron chi connectivity index (χ1n) is 8.95. The highest BCUT2D eigenvalue weighted by molar-refractivity contribution is 5.92. The fourth-order valence-electron chi connectivity index (χ4n) is 2.74. The number of nitrogens with zero attached hydrogens (tertiary/aromatic N) is 2. The van der Waals surface area contributed by atoms with Crippen LogP contribution in [0.5, 0.6) is 0 Å². The molecule has 2 amide bonds. The highest BCUT2D eigenvalue weighted by Crippen LogP contribution is 2.29. The molecule has 1 saturated carbocycles. The minimum absolute atomic E-state index is 0.144. The second-order valence-corrected chi connectivity index (χ2v) is 6.87. The number of carbonyl (C=O) groups is 3. The van der Waals surface area contributed by atoms with Gasteiger partial charge in [-0.3, -0.25) is 14.4 Å². The van der Waals surface area contributed by atoms with Gasteiger partial charge in [0.2, 0.25) is 5.91 Å². The summed E-state index contributed by atoms with van der Waals surface area (Å²) in [6, 6.07) is 1.38. The van der Waals surface area contributed by atoms with Crippen LogP contribution in [0.15, 0.2) is 10.9 Å². The van der Waals surface area contributed by atoms with E-state index in [1.165, 1.54) is 6.07 Å². The third kappa shape index (κ3) is 6.88. The maximum atomic E-state index is 12.4. The van der Waals surface area contributed by atoms with Crippen molar-refractivity contribution in [1.82, 2.24) is 20.2 Å². The summed E-state index contributed by atoms with van der Waals surface area (Å²) in [4.78, 5) is 52.8. The topological polar surface area (TPSA) is 132 Å². The van der Waals surface area contributed by atoms with Gasteiger partial charge in [0.15, 0.2) is 0 Å². The number of nitrogens with one attached hydrogen (secondary N) is 2. The predicted molar refractivity (Wildman–Crippen MR) is 93.1 cm³/mol. The molecule has 0 atom stereocenters. The van der Waals surface area contributed by atoms with Crippen LogP contribution in [0.4, 0.5) is 13.2 Å². The lowest BCUT2D eigenvalue weighted by Crippen LogP contribution is -2.47. The van der Waals surface area contributed by atoms with Crippen molar-refractivity contribution in [2.24, 2.45) is 5.92 Å². The van der Waals surface area contributed by atoms with E-state index in [4.69, 9.17) is 9.90 Å². The Bertz CT molecular complexity index is 827. The normalized spacial score (nSPS) is 17.2. The van der Waals surface area contributed by atoms with Gasteiger partial charge in [0.05, 0.1) is 0 Å². The molecule has 1 aliphatic carbocycles. The number of alkyl halides is 3. The molecular formula is C17H21F3N4O5. The number of piperidine rings is 1. The van der Waals surface area contributed by atoms with Crippen molar-refractivity contribution >= 4 is 17.8 Å². The van der Waals surface area contributed by atoms with Gasteiger partial charge in [-0.1, -0.05) is 0 Å². The Kier molecular flexibility index (Phi) is 6.98. The Morgan fingerprint density at radius 1 is 1.21 bits per heavy atom. The van der Waals surface area contributed by atoms with Crippen LogP contribution in [0.3, 0.4) is 0 Å². The lowest BCUT2D eigenvalue weighted by molar-refractivity contribution is -0.192. The molecule has 3 rings (SSSR count). The largest absolute Gasteiger partial charge is 0.490 e. The number of halogens is 3. The molecule has 0 unspecified atom stereocenters. The summed E-state index contributed by atoms with van der Waals surface area (Å²) >= 11 is 0. The first kappa shape index (κ1) is 22.4. The number of likely N-dealkylation sites (tertiary alicyclic amines) is 1. The van der Waals surface area contributed by atoms with Crippen molar-refractivity contribution in [2.75, 3.05) is 13.1 Å². The molecule has 1 aliphatic heterocycles. The molecule has 1 aromatic rings. The molecule has 9 nitrogen and oxygen atoms in total. The Balaban J connectivity index is 0.000000370. The molecular weight excluding hydrogens is 397 g/mol. The van der Waals surface area contributed by atoms with Crippen LogP contribution in [0.2, 0.25) is 0 Å². The van der Waals surface area contributed by atoms with Gasteiger partial charge in [-0.15, -0.1) is 0 Å². The molecule has 2 heterocycles. The third-order valence-corrected chi connectivity index (χ3v) is 4.40. The summed E-state index contributed by atoms with van der Waals surface area (Å²) in [5.74, 6) is -2.18. The second kappa shape index (κ2) is 9.05. The summed E-state index contributed by atoms with van der Waals surface area (Å²) in [5.41, 5.74) is -0.135. The number of aromatic amines is 1. The minimum Gasteiger partial charge on any atom is -0.475 e. The molecule has 0 aromatic carbocycles. The van der Waals surface area contributed by atoms with Crippen LogP contribution < -0.4 is 10.9 Å². The van der Waals surface area contributed by atoms with E-state index >= 15 is 0 Å². The lowest BCUT2D eigenvalue weighted by Gasteiger charge is -2.32. The average molecular weight is 418 g/mol. The predicted octanol–water partition coefficient (Wildman–Crippen LogP) is 0.842. The van der Waals surface area contributed by atoms with Crippen LogP contribution in [-0.2, 0) is 9.59 Å². The van der Waals surface area contributed by atoms with Crippen molar-refractivity contribution in [1.29, 1.82) is 0 Å². The zero-order chi connectivity index (χ0) is 21.8. The molecule has 29 heavy (non-hydrogen) atoms.